The molecule has 1 aliphatic heterocycles. The Morgan fingerprint density at radius 2 is 1.96 bits per heavy atom. The van der Waals surface area contributed by atoms with E-state index in [0.29, 0.717) is 23.1 Å². The molecule has 27 heavy (non-hydrogen) atoms. The molecular weight excluding hydrogens is 381 g/mol. The molecule has 144 valence electrons. The Kier molecular flexibility index (Phi) is 3.67. The van der Waals surface area contributed by atoms with Crippen molar-refractivity contribution in [2.75, 3.05) is 4.90 Å². The number of benzene rings is 1. The van der Waals surface area contributed by atoms with Crippen LogP contribution >= 0.6 is 11.3 Å². The number of rotatable bonds is 2. The molecule has 1 aromatic carbocycles. The third-order valence-electron chi connectivity index (χ3n) is 6.19. The number of nitrogens with zero attached hydrogens (tertiary/aromatic N) is 2. The smallest absolute Gasteiger partial charge is 0.406 e. The molecule has 2 aromatic rings. The number of halogens is 3. The third kappa shape index (κ3) is 2.55. The lowest BCUT2D eigenvalue weighted by Crippen LogP contribution is -2.59. The van der Waals surface area contributed by atoms with Crippen LogP contribution < -0.4 is 9.64 Å². The van der Waals surface area contributed by atoms with Crippen molar-refractivity contribution in [1.82, 2.24) is 4.98 Å². The number of thiazole rings is 1. The lowest BCUT2D eigenvalue weighted by atomic mass is 9.62. The molecule has 0 radical (unpaired) electrons. The highest BCUT2D eigenvalue weighted by Crippen LogP contribution is 2.60. The molecule has 5 nitrogen and oxygen atoms in total. The minimum atomic E-state index is -4.79. The standard InChI is InChI=1S/C18H17F3N2O3S/c1-16(2)10-6-7-17(16,3)14(25)23(13(10)24)15-22-11-5-4-9(8-12(11)27-15)26-18(19,20)21/h4-5,8,10H,6-7H2,1-3H3/t10-,17+/m1/s1. The largest absolute Gasteiger partial charge is 0.573 e. The fourth-order valence-electron chi connectivity index (χ4n) is 4.18. The van der Waals surface area contributed by atoms with Gasteiger partial charge in [0.25, 0.3) is 0 Å². The van der Waals surface area contributed by atoms with Crippen LogP contribution in [0.1, 0.15) is 33.6 Å². The van der Waals surface area contributed by atoms with Gasteiger partial charge in [0.15, 0.2) is 5.13 Å². The fourth-order valence-corrected chi connectivity index (χ4v) is 5.18. The highest BCUT2D eigenvalue weighted by Gasteiger charge is 2.65. The summed E-state index contributed by atoms with van der Waals surface area (Å²) in [7, 11) is 0. The molecule has 1 saturated heterocycles. The number of aromatic nitrogens is 1. The van der Waals surface area contributed by atoms with Crippen LogP contribution in [0.2, 0.25) is 0 Å². The normalized spacial score (nSPS) is 27.5. The molecule has 2 bridgehead atoms. The highest BCUT2D eigenvalue weighted by atomic mass is 32.1. The number of hydrogen-bond acceptors (Lipinski definition) is 5. The van der Waals surface area contributed by atoms with Crippen molar-refractivity contribution in [3.8, 4) is 5.75 Å². The average Bonchev–Trinajstić information content (AvgIpc) is 3.01. The summed E-state index contributed by atoms with van der Waals surface area (Å²) in [4.78, 5) is 31.6. The molecule has 2 aliphatic rings. The molecule has 2 fully saturated rings. The monoisotopic (exact) mass is 398 g/mol. The molecule has 2 atom stereocenters. The Morgan fingerprint density at radius 3 is 2.63 bits per heavy atom. The van der Waals surface area contributed by atoms with Crippen LogP contribution in [0.15, 0.2) is 18.2 Å². The van der Waals surface area contributed by atoms with Gasteiger partial charge in [0.05, 0.1) is 15.6 Å². The Morgan fingerprint density at radius 1 is 1.26 bits per heavy atom. The highest BCUT2D eigenvalue weighted by molar-refractivity contribution is 7.22. The molecular formula is C18H17F3N2O3S. The lowest BCUT2D eigenvalue weighted by molar-refractivity contribution is -0.274. The molecule has 2 heterocycles. The van der Waals surface area contributed by atoms with Gasteiger partial charge in [-0.15, -0.1) is 13.2 Å². The molecule has 1 saturated carbocycles. The van der Waals surface area contributed by atoms with Gasteiger partial charge >= 0.3 is 6.36 Å². The van der Waals surface area contributed by atoms with E-state index in [0.717, 1.165) is 22.3 Å². The number of hydrogen-bond donors (Lipinski definition) is 0. The molecule has 1 aromatic heterocycles. The number of carbonyl (C=O) groups excluding carboxylic acids is 2. The van der Waals surface area contributed by atoms with Crippen molar-refractivity contribution in [1.29, 1.82) is 0 Å². The van der Waals surface area contributed by atoms with E-state index in [2.05, 4.69) is 9.72 Å². The quantitative estimate of drug-likeness (QED) is 0.699. The van der Waals surface area contributed by atoms with Gasteiger partial charge in [-0.05, 0) is 30.4 Å². The summed E-state index contributed by atoms with van der Waals surface area (Å²) in [5.74, 6) is -1.23. The first-order chi connectivity index (χ1) is 12.4. The second-order valence-corrected chi connectivity index (χ2v) is 8.81. The molecule has 0 N–H and O–H groups in total. The first kappa shape index (κ1) is 18.2. The van der Waals surface area contributed by atoms with Crippen LogP contribution in [-0.4, -0.2) is 23.2 Å². The van der Waals surface area contributed by atoms with Crippen molar-refractivity contribution in [2.45, 2.75) is 40.0 Å². The predicted octanol–water partition coefficient (Wildman–Crippen LogP) is 4.51. The Balaban J connectivity index is 1.74. The van der Waals surface area contributed by atoms with Gasteiger partial charge in [0.1, 0.15) is 5.75 Å². The van der Waals surface area contributed by atoms with Gasteiger partial charge in [0.2, 0.25) is 11.8 Å². The molecule has 1 aliphatic carbocycles. The lowest BCUT2D eigenvalue weighted by Gasteiger charge is -2.46. The maximum absolute atomic E-state index is 13.2. The van der Waals surface area contributed by atoms with Gasteiger partial charge in [-0.3, -0.25) is 9.59 Å². The Labute approximate surface area is 157 Å². The topological polar surface area (TPSA) is 59.5 Å². The van der Waals surface area contributed by atoms with E-state index in [1.165, 1.54) is 12.1 Å². The summed E-state index contributed by atoms with van der Waals surface area (Å²) in [6.45, 7) is 5.76. The zero-order valence-electron chi connectivity index (χ0n) is 14.9. The van der Waals surface area contributed by atoms with Crippen LogP contribution in [0, 0.1) is 16.7 Å². The zero-order chi connectivity index (χ0) is 19.8. The first-order valence-corrected chi connectivity index (χ1v) is 9.30. The van der Waals surface area contributed by atoms with E-state index in [4.69, 9.17) is 0 Å². The number of amides is 2. The number of imide groups is 1. The number of anilines is 1. The Bertz CT molecular complexity index is 968. The van der Waals surface area contributed by atoms with Gasteiger partial charge in [-0.25, -0.2) is 9.88 Å². The third-order valence-corrected chi connectivity index (χ3v) is 7.20. The van der Waals surface area contributed by atoms with Crippen molar-refractivity contribution >= 4 is 38.5 Å². The summed E-state index contributed by atoms with van der Waals surface area (Å²) < 4.78 is 41.6. The SMILES string of the molecule is CC1(C)[C@@H]2CC[C@@]1(C)C(=O)N(c1nc3ccc(OC(F)(F)F)cc3s1)C2=O. The summed E-state index contributed by atoms with van der Waals surface area (Å²) in [5.41, 5.74) is -0.705. The molecule has 0 unspecified atom stereocenters. The minimum Gasteiger partial charge on any atom is -0.406 e. The van der Waals surface area contributed by atoms with Crippen molar-refractivity contribution < 1.29 is 27.5 Å². The van der Waals surface area contributed by atoms with Crippen LogP contribution in [-0.2, 0) is 9.59 Å². The maximum atomic E-state index is 13.2. The van der Waals surface area contributed by atoms with Crippen molar-refractivity contribution in [3.05, 3.63) is 18.2 Å². The minimum absolute atomic E-state index is 0.192. The summed E-state index contributed by atoms with van der Waals surface area (Å²) in [6, 6.07) is 3.76. The summed E-state index contributed by atoms with van der Waals surface area (Å²) >= 11 is 1.01. The van der Waals surface area contributed by atoms with E-state index in [1.807, 2.05) is 20.8 Å². The van der Waals surface area contributed by atoms with E-state index < -0.39 is 17.2 Å². The second kappa shape index (κ2) is 5.43. The van der Waals surface area contributed by atoms with Crippen LogP contribution in [0.4, 0.5) is 18.3 Å². The fraction of sp³-hybridized carbons (Fsp3) is 0.500. The van der Waals surface area contributed by atoms with Crippen molar-refractivity contribution in [3.63, 3.8) is 0 Å². The Hall–Kier alpha value is -2.16. The number of alkyl halides is 3. The predicted molar refractivity (Wildman–Crippen MR) is 93.4 cm³/mol. The number of carbonyl (C=O) groups is 2. The molecule has 2 amide bonds. The van der Waals surface area contributed by atoms with Gasteiger partial charge in [-0.1, -0.05) is 32.1 Å². The average molecular weight is 398 g/mol. The molecule has 9 heteroatoms. The van der Waals surface area contributed by atoms with E-state index in [-0.39, 0.29) is 28.6 Å². The van der Waals surface area contributed by atoms with E-state index >= 15 is 0 Å². The van der Waals surface area contributed by atoms with Crippen LogP contribution in [0.5, 0.6) is 5.75 Å². The summed E-state index contributed by atoms with van der Waals surface area (Å²) in [5, 5.41) is 0.192. The number of fused-ring (bicyclic) bond motifs is 3. The zero-order valence-corrected chi connectivity index (χ0v) is 15.7. The van der Waals surface area contributed by atoms with Gasteiger partial charge < -0.3 is 4.74 Å². The van der Waals surface area contributed by atoms with Gasteiger partial charge in [0, 0.05) is 12.0 Å². The van der Waals surface area contributed by atoms with Gasteiger partial charge in [-0.2, -0.15) is 0 Å². The van der Waals surface area contributed by atoms with Crippen LogP contribution in [0.3, 0.4) is 0 Å². The number of piperidine rings is 1. The summed E-state index contributed by atoms with van der Waals surface area (Å²) in [6.07, 6.45) is -3.53. The number of ether oxygens (including phenoxy) is 1. The van der Waals surface area contributed by atoms with Crippen molar-refractivity contribution in [2.24, 2.45) is 16.7 Å². The van der Waals surface area contributed by atoms with Crippen LogP contribution in [0.25, 0.3) is 10.2 Å². The van der Waals surface area contributed by atoms with E-state index in [9.17, 15) is 22.8 Å². The second-order valence-electron chi connectivity index (χ2n) is 7.80. The maximum Gasteiger partial charge on any atom is 0.573 e. The molecule has 0 spiro atoms. The first-order valence-electron chi connectivity index (χ1n) is 8.49. The molecule has 4 rings (SSSR count). The van der Waals surface area contributed by atoms with E-state index in [1.54, 1.807) is 0 Å².